The molecule has 1 aliphatic rings. The minimum absolute atomic E-state index is 0.675. The van der Waals surface area contributed by atoms with Crippen molar-refractivity contribution >= 4 is 0 Å². The molecular formula is C16H26N2O. The van der Waals surface area contributed by atoms with Crippen LogP contribution >= 0.6 is 0 Å². The molecule has 3 nitrogen and oxygen atoms in total. The summed E-state index contributed by atoms with van der Waals surface area (Å²) in [6, 6.07) is 4.09. The number of hydrogen-bond acceptors (Lipinski definition) is 3. The first-order chi connectivity index (χ1) is 9.24. The predicted octanol–water partition coefficient (Wildman–Crippen LogP) is 3.40. The first kappa shape index (κ1) is 14.3. The van der Waals surface area contributed by atoms with Crippen molar-refractivity contribution in [2.45, 2.75) is 46.1 Å². The second-order valence-electron chi connectivity index (χ2n) is 5.97. The van der Waals surface area contributed by atoms with E-state index in [-0.39, 0.29) is 0 Å². The third kappa shape index (κ3) is 5.19. The zero-order valence-electron chi connectivity index (χ0n) is 12.2. The van der Waals surface area contributed by atoms with Gasteiger partial charge < -0.3 is 10.1 Å². The molecule has 1 N–H and O–H groups in total. The molecule has 19 heavy (non-hydrogen) atoms. The number of hydrogen-bond donors (Lipinski definition) is 1. The van der Waals surface area contributed by atoms with E-state index in [0.717, 1.165) is 37.1 Å². The molecule has 1 heterocycles. The van der Waals surface area contributed by atoms with Crippen LogP contribution in [-0.2, 0) is 6.54 Å². The van der Waals surface area contributed by atoms with E-state index in [2.05, 4.69) is 30.2 Å². The summed E-state index contributed by atoms with van der Waals surface area (Å²) < 4.78 is 5.80. The fraction of sp³-hybridized carbons (Fsp3) is 0.688. The topological polar surface area (TPSA) is 34.1 Å². The van der Waals surface area contributed by atoms with Crippen LogP contribution in [0.3, 0.4) is 0 Å². The van der Waals surface area contributed by atoms with Gasteiger partial charge in [0.1, 0.15) is 5.75 Å². The number of pyridine rings is 1. The third-order valence-electron chi connectivity index (χ3n) is 3.62. The molecule has 1 aromatic heterocycles. The average molecular weight is 262 g/mol. The fourth-order valence-corrected chi connectivity index (χ4v) is 2.48. The molecule has 0 bridgehead atoms. The van der Waals surface area contributed by atoms with Crippen LogP contribution in [0.25, 0.3) is 0 Å². The van der Waals surface area contributed by atoms with Gasteiger partial charge in [-0.1, -0.05) is 26.7 Å². The highest BCUT2D eigenvalue weighted by Crippen LogP contribution is 2.25. The lowest BCUT2D eigenvalue weighted by atomic mass is 10.1. The van der Waals surface area contributed by atoms with Crippen molar-refractivity contribution in [1.82, 2.24) is 10.3 Å². The molecule has 0 atom stereocenters. The molecule has 0 amide bonds. The van der Waals surface area contributed by atoms with Crippen LogP contribution in [0, 0.1) is 11.8 Å². The van der Waals surface area contributed by atoms with E-state index in [1.165, 1.54) is 25.7 Å². The maximum Gasteiger partial charge on any atom is 0.137 e. The van der Waals surface area contributed by atoms with Crippen LogP contribution in [0.5, 0.6) is 5.75 Å². The predicted molar refractivity (Wildman–Crippen MR) is 78.2 cm³/mol. The largest absolute Gasteiger partial charge is 0.492 e. The van der Waals surface area contributed by atoms with Gasteiger partial charge in [-0.3, -0.25) is 4.98 Å². The molecule has 2 rings (SSSR count). The van der Waals surface area contributed by atoms with Gasteiger partial charge in [0.25, 0.3) is 0 Å². The number of nitrogens with one attached hydrogen (secondary N) is 1. The van der Waals surface area contributed by atoms with E-state index in [1.807, 2.05) is 12.3 Å². The van der Waals surface area contributed by atoms with Crippen molar-refractivity contribution in [1.29, 1.82) is 0 Å². The Kier molecular flexibility index (Phi) is 5.64. The van der Waals surface area contributed by atoms with E-state index in [0.29, 0.717) is 5.92 Å². The summed E-state index contributed by atoms with van der Waals surface area (Å²) in [6.45, 7) is 7.14. The Bertz CT molecular complexity index is 356. The van der Waals surface area contributed by atoms with Gasteiger partial charge in [-0.05, 0) is 43.4 Å². The lowest BCUT2D eigenvalue weighted by Crippen LogP contribution is -2.19. The van der Waals surface area contributed by atoms with Gasteiger partial charge in [0, 0.05) is 6.54 Å². The molecule has 0 aromatic carbocycles. The maximum absolute atomic E-state index is 5.80. The highest BCUT2D eigenvalue weighted by molar-refractivity contribution is 5.19. The second kappa shape index (κ2) is 7.49. The molecule has 0 saturated heterocycles. The van der Waals surface area contributed by atoms with Crippen molar-refractivity contribution in [3.63, 3.8) is 0 Å². The Labute approximate surface area is 116 Å². The van der Waals surface area contributed by atoms with Gasteiger partial charge in [-0.25, -0.2) is 0 Å². The van der Waals surface area contributed by atoms with E-state index in [9.17, 15) is 0 Å². The van der Waals surface area contributed by atoms with Gasteiger partial charge >= 0.3 is 0 Å². The summed E-state index contributed by atoms with van der Waals surface area (Å²) in [5, 5.41) is 3.39. The monoisotopic (exact) mass is 262 g/mol. The molecule has 1 saturated carbocycles. The summed E-state index contributed by atoms with van der Waals surface area (Å²) >= 11 is 0. The molecular weight excluding hydrogens is 236 g/mol. The van der Waals surface area contributed by atoms with Gasteiger partial charge in [0.2, 0.25) is 0 Å². The first-order valence-corrected chi connectivity index (χ1v) is 7.52. The van der Waals surface area contributed by atoms with Crippen LogP contribution < -0.4 is 10.1 Å². The summed E-state index contributed by atoms with van der Waals surface area (Å²) in [4.78, 5) is 4.43. The zero-order valence-corrected chi connectivity index (χ0v) is 12.2. The van der Waals surface area contributed by atoms with E-state index >= 15 is 0 Å². The van der Waals surface area contributed by atoms with E-state index < -0.39 is 0 Å². The number of rotatable bonds is 7. The summed E-state index contributed by atoms with van der Waals surface area (Å²) in [5.41, 5.74) is 1.08. The smallest absolute Gasteiger partial charge is 0.137 e. The Morgan fingerprint density at radius 1 is 1.32 bits per heavy atom. The molecule has 3 heteroatoms. The maximum atomic E-state index is 5.80. The Balaban J connectivity index is 1.71. The van der Waals surface area contributed by atoms with Gasteiger partial charge in [0.05, 0.1) is 18.5 Å². The van der Waals surface area contributed by atoms with E-state index in [4.69, 9.17) is 4.74 Å². The Morgan fingerprint density at radius 2 is 2.11 bits per heavy atom. The highest BCUT2D eigenvalue weighted by atomic mass is 16.5. The lowest BCUT2D eigenvalue weighted by molar-refractivity contribution is 0.251. The minimum atomic E-state index is 0.675. The molecule has 0 radical (unpaired) electrons. The Hall–Kier alpha value is -1.09. The lowest BCUT2D eigenvalue weighted by Gasteiger charge is -2.11. The van der Waals surface area contributed by atoms with Gasteiger partial charge in [-0.2, -0.15) is 0 Å². The van der Waals surface area contributed by atoms with Crippen LogP contribution in [0.1, 0.15) is 45.2 Å². The van der Waals surface area contributed by atoms with Crippen LogP contribution in [0.15, 0.2) is 18.3 Å². The quantitative estimate of drug-likeness (QED) is 0.818. The van der Waals surface area contributed by atoms with Gasteiger partial charge in [0.15, 0.2) is 0 Å². The summed E-state index contributed by atoms with van der Waals surface area (Å²) in [5.74, 6) is 2.33. The summed E-state index contributed by atoms with van der Waals surface area (Å²) in [6.07, 6.45) is 7.23. The molecule has 0 unspecified atom stereocenters. The van der Waals surface area contributed by atoms with Crippen molar-refractivity contribution in [2.75, 3.05) is 13.2 Å². The number of ether oxygens (including phenoxy) is 1. The normalized spacial score (nSPS) is 16.2. The molecule has 0 spiro atoms. The van der Waals surface area contributed by atoms with Crippen molar-refractivity contribution in [3.05, 3.63) is 24.0 Å². The van der Waals surface area contributed by atoms with Crippen molar-refractivity contribution < 1.29 is 4.74 Å². The van der Waals surface area contributed by atoms with Crippen LogP contribution in [0.2, 0.25) is 0 Å². The van der Waals surface area contributed by atoms with Crippen molar-refractivity contribution in [2.24, 2.45) is 11.8 Å². The third-order valence-corrected chi connectivity index (χ3v) is 3.62. The van der Waals surface area contributed by atoms with E-state index in [1.54, 1.807) is 0 Å². The molecule has 1 fully saturated rings. The highest BCUT2D eigenvalue weighted by Gasteiger charge is 2.15. The van der Waals surface area contributed by atoms with Crippen LogP contribution in [-0.4, -0.2) is 18.1 Å². The molecule has 1 aliphatic carbocycles. The number of nitrogens with zero attached hydrogens (tertiary/aromatic N) is 1. The van der Waals surface area contributed by atoms with Gasteiger partial charge in [-0.15, -0.1) is 0 Å². The molecule has 1 aromatic rings. The standard InChI is InChI=1S/C16H26N2O/c1-13(2)9-17-10-15-7-8-16(11-18-15)19-12-14-5-3-4-6-14/h7-8,11,13-14,17H,3-6,9-10,12H2,1-2H3. The van der Waals surface area contributed by atoms with Crippen LogP contribution in [0.4, 0.5) is 0 Å². The molecule has 106 valence electrons. The first-order valence-electron chi connectivity index (χ1n) is 7.52. The fourth-order valence-electron chi connectivity index (χ4n) is 2.48. The zero-order chi connectivity index (χ0) is 13.5. The average Bonchev–Trinajstić information content (AvgIpc) is 2.90. The SMILES string of the molecule is CC(C)CNCc1ccc(OCC2CCCC2)cn1. The summed E-state index contributed by atoms with van der Waals surface area (Å²) in [7, 11) is 0. The Morgan fingerprint density at radius 3 is 2.74 bits per heavy atom. The van der Waals surface area contributed by atoms with Crippen molar-refractivity contribution in [3.8, 4) is 5.75 Å². The molecule has 0 aliphatic heterocycles. The second-order valence-corrected chi connectivity index (χ2v) is 5.97. The number of aromatic nitrogens is 1. The minimum Gasteiger partial charge on any atom is -0.492 e.